The highest BCUT2D eigenvalue weighted by molar-refractivity contribution is 7.98. The normalized spacial score (nSPS) is 11.8. The Kier molecular flexibility index (Phi) is 7.41. The fraction of sp³-hybridized carbons (Fsp3) is 0.250. The zero-order valence-electron chi connectivity index (χ0n) is 18.6. The molecule has 1 unspecified atom stereocenters. The molecule has 1 amide bonds. The molecule has 170 valence electrons. The number of anilines is 2. The zero-order chi connectivity index (χ0) is 23.2. The van der Waals surface area contributed by atoms with E-state index >= 15 is 0 Å². The van der Waals surface area contributed by atoms with Crippen molar-refractivity contribution < 1.29 is 13.9 Å². The number of nitrogens with zero attached hydrogens (tertiary/aromatic N) is 4. The maximum Gasteiger partial charge on any atom is 0.276 e. The van der Waals surface area contributed by atoms with Gasteiger partial charge in [-0.05, 0) is 23.6 Å². The van der Waals surface area contributed by atoms with Crippen molar-refractivity contribution in [3.8, 4) is 5.75 Å². The van der Waals surface area contributed by atoms with Crippen molar-refractivity contribution >= 4 is 39.8 Å². The van der Waals surface area contributed by atoms with E-state index < -0.39 is 0 Å². The Morgan fingerprint density at radius 1 is 1.15 bits per heavy atom. The predicted molar refractivity (Wildman–Crippen MR) is 130 cm³/mol. The van der Waals surface area contributed by atoms with Crippen molar-refractivity contribution in [2.75, 3.05) is 12.0 Å². The molecule has 0 spiro atoms. The molecule has 1 atom stereocenters. The van der Waals surface area contributed by atoms with Crippen molar-refractivity contribution in [2.24, 2.45) is 0 Å². The molecule has 7 nitrogen and oxygen atoms in total. The number of aromatic nitrogens is 3. The summed E-state index contributed by atoms with van der Waals surface area (Å²) >= 11 is 2.83. The first-order valence-electron chi connectivity index (χ1n) is 10.4. The maximum absolute atomic E-state index is 12.4. The van der Waals surface area contributed by atoms with Gasteiger partial charge in [0.2, 0.25) is 11.8 Å². The number of carbonyl (C=O) groups excluding carboxylic acids is 1. The summed E-state index contributed by atoms with van der Waals surface area (Å²) in [5.41, 5.74) is 2.73. The fourth-order valence-corrected chi connectivity index (χ4v) is 5.02. The van der Waals surface area contributed by atoms with E-state index in [0.717, 1.165) is 5.69 Å². The molecule has 0 saturated heterocycles. The number of thioether (sulfide) groups is 1. The molecule has 4 aromatic rings. The minimum absolute atomic E-state index is 0.137. The minimum atomic E-state index is -0.137. The molecule has 0 fully saturated rings. The number of amides is 1. The maximum atomic E-state index is 12.4. The third-order valence-corrected chi connectivity index (χ3v) is 6.74. The first-order valence-corrected chi connectivity index (χ1v) is 12.3. The smallest absolute Gasteiger partial charge is 0.276 e. The summed E-state index contributed by atoms with van der Waals surface area (Å²) in [5.74, 6) is 1.94. The SMILES string of the molecule is COc1ccccc1N(C(C)=O)c1nc(CSc2nnc(CC(C)c3ccccc3)o2)cs1. The Morgan fingerprint density at radius 3 is 2.67 bits per heavy atom. The van der Waals surface area contributed by atoms with Crippen molar-refractivity contribution in [1.29, 1.82) is 0 Å². The van der Waals surface area contributed by atoms with E-state index in [1.54, 1.807) is 12.0 Å². The van der Waals surface area contributed by atoms with Crippen LogP contribution in [0.25, 0.3) is 0 Å². The second kappa shape index (κ2) is 10.6. The lowest BCUT2D eigenvalue weighted by Gasteiger charge is -2.20. The van der Waals surface area contributed by atoms with E-state index in [2.05, 4.69) is 34.2 Å². The molecule has 0 aliphatic heterocycles. The monoisotopic (exact) mass is 480 g/mol. The summed E-state index contributed by atoms with van der Waals surface area (Å²) in [4.78, 5) is 18.6. The molecule has 0 aliphatic carbocycles. The highest BCUT2D eigenvalue weighted by Crippen LogP contribution is 2.36. The predicted octanol–water partition coefficient (Wildman–Crippen LogP) is 5.86. The summed E-state index contributed by atoms with van der Waals surface area (Å²) in [6.45, 7) is 3.66. The van der Waals surface area contributed by atoms with Crippen LogP contribution in [0.2, 0.25) is 0 Å². The van der Waals surface area contributed by atoms with Crippen LogP contribution >= 0.6 is 23.1 Å². The van der Waals surface area contributed by atoms with Gasteiger partial charge >= 0.3 is 0 Å². The topological polar surface area (TPSA) is 81.4 Å². The molecule has 2 aromatic carbocycles. The number of rotatable bonds is 9. The van der Waals surface area contributed by atoms with Crippen LogP contribution in [-0.2, 0) is 17.0 Å². The number of hydrogen-bond acceptors (Lipinski definition) is 8. The number of methoxy groups -OCH3 is 1. The number of thiazole rings is 1. The third kappa shape index (κ3) is 5.61. The van der Waals surface area contributed by atoms with Crippen molar-refractivity contribution in [3.63, 3.8) is 0 Å². The molecule has 0 N–H and O–H groups in total. The number of benzene rings is 2. The van der Waals surface area contributed by atoms with Gasteiger partial charge in [-0.25, -0.2) is 4.98 Å². The summed E-state index contributed by atoms with van der Waals surface area (Å²) in [6.07, 6.45) is 0.685. The van der Waals surface area contributed by atoms with Crippen LogP contribution in [0.1, 0.15) is 36.9 Å². The molecule has 0 bridgehead atoms. The van der Waals surface area contributed by atoms with Crippen LogP contribution in [0.5, 0.6) is 5.75 Å². The van der Waals surface area contributed by atoms with Gasteiger partial charge < -0.3 is 9.15 Å². The molecule has 4 rings (SSSR count). The van der Waals surface area contributed by atoms with Gasteiger partial charge in [0.05, 0.1) is 18.5 Å². The Bertz CT molecular complexity index is 1210. The summed E-state index contributed by atoms with van der Waals surface area (Å²) in [7, 11) is 1.58. The summed E-state index contributed by atoms with van der Waals surface area (Å²) in [5, 5.41) is 11.4. The molecule has 2 aromatic heterocycles. The van der Waals surface area contributed by atoms with Gasteiger partial charge in [0.15, 0.2) is 5.13 Å². The van der Waals surface area contributed by atoms with E-state index in [0.29, 0.717) is 39.9 Å². The van der Waals surface area contributed by atoms with E-state index in [1.807, 2.05) is 47.8 Å². The highest BCUT2D eigenvalue weighted by atomic mass is 32.2. The van der Waals surface area contributed by atoms with Gasteiger partial charge in [0, 0.05) is 24.5 Å². The molecule has 0 saturated carbocycles. The Labute approximate surface area is 200 Å². The first kappa shape index (κ1) is 23.0. The lowest BCUT2D eigenvalue weighted by atomic mass is 9.98. The van der Waals surface area contributed by atoms with E-state index in [9.17, 15) is 4.79 Å². The fourth-order valence-electron chi connectivity index (χ4n) is 3.36. The van der Waals surface area contributed by atoms with Crippen LogP contribution in [0.15, 0.2) is 69.6 Å². The third-order valence-electron chi connectivity index (χ3n) is 5.01. The minimum Gasteiger partial charge on any atom is -0.495 e. The molecule has 0 aliphatic rings. The van der Waals surface area contributed by atoms with E-state index in [1.165, 1.54) is 35.6 Å². The van der Waals surface area contributed by atoms with Gasteiger partial charge in [-0.1, -0.05) is 61.2 Å². The van der Waals surface area contributed by atoms with Crippen LogP contribution in [0.3, 0.4) is 0 Å². The summed E-state index contributed by atoms with van der Waals surface area (Å²) in [6, 6.07) is 17.7. The Hall–Kier alpha value is -3.17. The van der Waals surface area contributed by atoms with Gasteiger partial charge in [0.1, 0.15) is 5.75 Å². The van der Waals surface area contributed by atoms with Gasteiger partial charge in [0.25, 0.3) is 5.22 Å². The van der Waals surface area contributed by atoms with Crippen molar-refractivity contribution in [1.82, 2.24) is 15.2 Å². The second-order valence-electron chi connectivity index (χ2n) is 7.41. The Balaban J connectivity index is 1.40. The van der Waals surface area contributed by atoms with Crippen molar-refractivity contribution in [3.05, 3.63) is 77.1 Å². The van der Waals surface area contributed by atoms with Crippen molar-refractivity contribution in [2.45, 2.75) is 37.2 Å². The van der Waals surface area contributed by atoms with E-state index in [-0.39, 0.29) is 11.8 Å². The first-order chi connectivity index (χ1) is 16.0. The van der Waals surface area contributed by atoms with Gasteiger partial charge in [-0.15, -0.1) is 21.5 Å². The second-order valence-corrected chi connectivity index (χ2v) is 9.18. The quantitative estimate of drug-likeness (QED) is 0.278. The van der Waals surface area contributed by atoms with Gasteiger partial charge in [-0.2, -0.15) is 0 Å². The summed E-state index contributed by atoms with van der Waals surface area (Å²) < 4.78 is 11.2. The van der Waals surface area contributed by atoms with E-state index in [4.69, 9.17) is 9.15 Å². The van der Waals surface area contributed by atoms with Crippen LogP contribution < -0.4 is 9.64 Å². The van der Waals surface area contributed by atoms with Crippen LogP contribution in [0, 0.1) is 0 Å². The van der Waals surface area contributed by atoms with Gasteiger partial charge in [-0.3, -0.25) is 9.69 Å². The lowest BCUT2D eigenvalue weighted by molar-refractivity contribution is -0.115. The number of para-hydroxylation sites is 2. The molecule has 33 heavy (non-hydrogen) atoms. The molecular formula is C24H24N4O3S2. The average Bonchev–Trinajstić information content (AvgIpc) is 3.48. The largest absolute Gasteiger partial charge is 0.495 e. The molecular weight excluding hydrogens is 456 g/mol. The lowest BCUT2D eigenvalue weighted by Crippen LogP contribution is -2.23. The Morgan fingerprint density at radius 2 is 1.91 bits per heavy atom. The standard InChI is InChI=1S/C24H24N4O3S2/c1-16(18-9-5-4-6-10-18)13-22-26-27-24(31-22)33-15-19-14-32-23(25-19)28(17(2)29)20-11-7-8-12-21(20)30-3/h4-12,14,16H,13,15H2,1-3H3. The molecule has 2 heterocycles. The zero-order valence-corrected chi connectivity index (χ0v) is 20.2. The average molecular weight is 481 g/mol. The van der Waals surface area contributed by atoms with Crippen LogP contribution in [0.4, 0.5) is 10.8 Å². The number of ether oxygens (including phenoxy) is 1. The molecule has 9 heteroatoms. The molecule has 0 radical (unpaired) electrons. The number of carbonyl (C=O) groups is 1. The van der Waals surface area contributed by atoms with Crippen LogP contribution in [-0.4, -0.2) is 28.2 Å². The highest BCUT2D eigenvalue weighted by Gasteiger charge is 2.21. The number of hydrogen-bond donors (Lipinski definition) is 0.